The van der Waals surface area contributed by atoms with Crippen molar-refractivity contribution in [2.45, 2.75) is 37.5 Å². The molecule has 0 bridgehead atoms. The second-order valence-corrected chi connectivity index (χ2v) is 7.44. The van der Waals surface area contributed by atoms with E-state index < -0.39 is 60.2 Å². The number of amides is 3. The highest BCUT2D eigenvalue weighted by Crippen LogP contribution is 2.38. The fraction of sp³-hybridized carbons (Fsp3) is 0.526. The Morgan fingerprint density at radius 2 is 1.97 bits per heavy atom. The first kappa shape index (κ1) is 23.9. The highest BCUT2D eigenvalue weighted by atomic mass is 19.4. The molecule has 0 spiro atoms. The lowest BCUT2D eigenvalue weighted by molar-refractivity contribution is -0.137. The molecule has 0 radical (unpaired) electrons. The van der Waals surface area contributed by atoms with Gasteiger partial charge >= 0.3 is 6.18 Å². The number of primary amides is 1. The summed E-state index contributed by atoms with van der Waals surface area (Å²) in [7, 11) is 0. The number of nitrogens with two attached hydrogens (primary N) is 1. The van der Waals surface area contributed by atoms with Gasteiger partial charge in [0.25, 0.3) is 18.2 Å². The molecule has 8 nitrogen and oxygen atoms in total. The Bertz CT molecular complexity index is 891. The van der Waals surface area contributed by atoms with Crippen LogP contribution in [0.3, 0.4) is 0 Å². The molecule has 3 N–H and O–H groups in total. The van der Waals surface area contributed by atoms with Gasteiger partial charge in [-0.2, -0.15) is 13.2 Å². The Morgan fingerprint density at radius 3 is 2.50 bits per heavy atom. The third-order valence-electron chi connectivity index (χ3n) is 5.08. The summed E-state index contributed by atoms with van der Waals surface area (Å²) in [5, 5.41) is 2.00. The van der Waals surface area contributed by atoms with Crippen molar-refractivity contribution in [1.29, 1.82) is 0 Å². The van der Waals surface area contributed by atoms with E-state index in [0.717, 1.165) is 15.9 Å². The number of anilines is 2. The van der Waals surface area contributed by atoms with E-state index in [1.807, 2.05) is 5.32 Å². The molecule has 2 aliphatic rings. The van der Waals surface area contributed by atoms with E-state index in [-0.39, 0.29) is 25.4 Å². The topological polar surface area (TPSA) is 105 Å². The van der Waals surface area contributed by atoms with Crippen molar-refractivity contribution >= 4 is 29.1 Å². The molecule has 32 heavy (non-hydrogen) atoms. The molecule has 1 aromatic rings. The zero-order valence-corrected chi connectivity index (χ0v) is 16.7. The van der Waals surface area contributed by atoms with Gasteiger partial charge in [-0.3, -0.25) is 19.3 Å². The van der Waals surface area contributed by atoms with Gasteiger partial charge in [0.1, 0.15) is 6.61 Å². The number of nitrogens with zero attached hydrogens (tertiary/aromatic N) is 2. The molecular formula is C19H21F5N4O4. The minimum Gasteiger partial charge on any atom is -0.370 e. The summed E-state index contributed by atoms with van der Waals surface area (Å²) in [6.07, 6.45) is -6.88. The molecule has 1 saturated carbocycles. The standard InChI is InChI=1S/C19H21F5N4O4/c20-14(21)8-28(10-1-2-10)16(17(25)30)18(31)26-13-4-3-11(7-12(13)19(22,23)24)27-5-6-32-9-15(27)29/h3-4,7,10,14,16H,1-2,5-6,8-9H2,(H2,25,30)(H,26,31)/t16-/m1/s1. The van der Waals surface area contributed by atoms with Crippen molar-refractivity contribution in [2.75, 3.05) is 36.5 Å². The van der Waals surface area contributed by atoms with Gasteiger partial charge in [-0.25, -0.2) is 8.78 Å². The minimum absolute atomic E-state index is 0.0487. The molecular weight excluding hydrogens is 443 g/mol. The zero-order chi connectivity index (χ0) is 23.6. The number of benzene rings is 1. The fourth-order valence-electron chi connectivity index (χ4n) is 3.51. The smallest absolute Gasteiger partial charge is 0.370 e. The summed E-state index contributed by atoms with van der Waals surface area (Å²) in [5.41, 5.74) is 3.23. The molecule has 13 heteroatoms. The number of carbonyl (C=O) groups is 3. The van der Waals surface area contributed by atoms with Gasteiger partial charge in [0.15, 0.2) is 6.04 Å². The summed E-state index contributed by atoms with van der Waals surface area (Å²) < 4.78 is 71.9. The minimum atomic E-state index is -4.92. The van der Waals surface area contributed by atoms with Crippen molar-refractivity contribution in [3.05, 3.63) is 23.8 Å². The van der Waals surface area contributed by atoms with Crippen molar-refractivity contribution < 1.29 is 41.1 Å². The summed E-state index contributed by atoms with van der Waals surface area (Å²) in [5.74, 6) is -3.02. The molecule has 1 saturated heterocycles. The Hall–Kier alpha value is -2.80. The van der Waals surface area contributed by atoms with Gasteiger partial charge in [-0.05, 0) is 31.0 Å². The molecule has 176 valence electrons. The maximum absolute atomic E-state index is 13.7. The molecule has 0 aromatic heterocycles. The number of halogens is 5. The first-order valence-corrected chi connectivity index (χ1v) is 9.72. The average Bonchev–Trinajstić information content (AvgIpc) is 3.52. The molecule has 1 aliphatic heterocycles. The van der Waals surface area contributed by atoms with Gasteiger partial charge in [0.05, 0.1) is 24.4 Å². The van der Waals surface area contributed by atoms with Gasteiger partial charge in [0.2, 0.25) is 5.91 Å². The Kier molecular flexibility index (Phi) is 6.98. The van der Waals surface area contributed by atoms with E-state index in [1.165, 1.54) is 6.07 Å². The van der Waals surface area contributed by atoms with Gasteiger partial charge in [0, 0.05) is 18.3 Å². The quantitative estimate of drug-likeness (QED) is 0.449. The number of hydrogen-bond acceptors (Lipinski definition) is 5. The van der Waals surface area contributed by atoms with E-state index >= 15 is 0 Å². The summed E-state index contributed by atoms with van der Waals surface area (Å²) in [6, 6.07) is 0.481. The summed E-state index contributed by atoms with van der Waals surface area (Å²) in [4.78, 5) is 38.5. The molecule has 0 unspecified atom stereocenters. The zero-order valence-electron chi connectivity index (χ0n) is 16.7. The van der Waals surface area contributed by atoms with Gasteiger partial charge < -0.3 is 20.7 Å². The Morgan fingerprint density at radius 1 is 1.28 bits per heavy atom. The van der Waals surface area contributed by atoms with Crippen LogP contribution < -0.4 is 16.0 Å². The largest absolute Gasteiger partial charge is 0.418 e. The van der Waals surface area contributed by atoms with Gasteiger partial charge in [-0.1, -0.05) is 0 Å². The molecule has 1 aromatic carbocycles. The van der Waals surface area contributed by atoms with E-state index in [0.29, 0.717) is 18.9 Å². The predicted octanol–water partition coefficient (Wildman–Crippen LogP) is 1.59. The van der Waals surface area contributed by atoms with Crippen LogP contribution in [-0.4, -0.2) is 67.4 Å². The van der Waals surface area contributed by atoms with Crippen LogP contribution in [0.15, 0.2) is 18.2 Å². The average molecular weight is 464 g/mol. The van der Waals surface area contributed by atoms with Crippen LogP contribution in [0.5, 0.6) is 0 Å². The summed E-state index contributed by atoms with van der Waals surface area (Å²) in [6.45, 7) is -1.00. The monoisotopic (exact) mass is 464 g/mol. The second kappa shape index (κ2) is 9.36. The maximum Gasteiger partial charge on any atom is 0.418 e. The molecule has 2 fully saturated rings. The molecule has 1 atom stereocenters. The third-order valence-corrected chi connectivity index (χ3v) is 5.08. The van der Waals surface area contributed by atoms with Crippen molar-refractivity contribution in [1.82, 2.24) is 4.90 Å². The molecule has 1 heterocycles. The maximum atomic E-state index is 13.7. The number of rotatable bonds is 8. The van der Waals surface area contributed by atoms with E-state index in [1.54, 1.807) is 0 Å². The summed E-state index contributed by atoms with van der Waals surface area (Å²) >= 11 is 0. The highest BCUT2D eigenvalue weighted by Gasteiger charge is 2.42. The first-order valence-electron chi connectivity index (χ1n) is 9.72. The predicted molar refractivity (Wildman–Crippen MR) is 102 cm³/mol. The van der Waals surface area contributed by atoms with Crippen LogP contribution in [0, 0.1) is 0 Å². The SMILES string of the molecule is NC(=O)[C@H](C(=O)Nc1ccc(N2CCOCC2=O)cc1C(F)(F)F)N(CC(F)F)C1CC1. The van der Waals surface area contributed by atoms with E-state index in [2.05, 4.69) is 0 Å². The van der Waals surface area contributed by atoms with E-state index in [9.17, 15) is 36.3 Å². The van der Waals surface area contributed by atoms with Gasteiger partial charge in [-0.15, -0.1) is 0 Å². The highest BCUT2D eigenvalue weighted by molar-refractivity contribution is 6.10. The lowest BCUT2D eigenvalue weighted by atomic mass is 10.1. The van der Waals surface area contributed by atoms with Crippen LogP contribution >= 0.6 is 0 Å². The van der Waals surface area contributed by atoms with E-state index in [4.69, 9.17) is 10.5 Å². The second-order valence-electron chi connectivity index (χ2n) is 7.44. The number of ether oxygens (including phenoxy) is 1. The molecule has 3 rings (SSSR count). The Balaban J connectivity index is 1.89. The Labute approximate surface area is 179 Å². The lowest BCUT2D eigenvalue weighted by Gasteiger charge is -2.29. The number of nitrogens with one attached hydrogen (secondary N) is 1. The third kappa shape index (κ3) is 5.51. The van der Waals surface area contributed by atoms with Crippen LogP contribution in [0.25, 0.3) is 0 Å². The molecule has 1 aliphatic carbocycles. The normalized spacial score (nSPS) is 18.2. The number of hydrogen-bond donors (Lipinski definition) is 2. The van der Waals surface area contributed by atoms with Crippen molar-refractivity contribution in [2.24, 2.45) is 5.73 Å². The number of carbonyl (C=O) groups excluding carboxylic acids is 3. The van der Waals surface area contributed by atoms with Crippen LogP contribution in [0.4, 0.5) is 33.3 Å². The number of morpholine rings is 1. The lowest BCUT2D eigenvalue weighted by Crippen LogP contribution is -2.54. The molecule has 3 amide bonds. The van der Waals surface area contributed by atoms with Crippen LogP contribution in [-0.2, 0) is 25.3 Å². The van der Waals surface area contributed by atoms with Crippen molar-refractivity contribution in [3.63, 3.8) is 0 Å². The van der Waals surface area contributed by atoms with Crippen molar-refractivity contribution in [3.8, 4) is 0 Å². The van der Waals surface area contributed by atoms with Crippen LogP contribution in [0.1, 0.15) is 18.4 Å². The fourth-order valence-corrected chi connectivity index (χ4v) is 3.51. The van der Waals surface area contributed by atoms with Crippen LogP contribution in [0.2, 0.25) is 0 Å². The number of alkyl halides is 5. The first-order chi connectivity index (χ1) is 15.0.